The van der Waals surface area contributed by atoms with E-state index in [1.165, 1.54) is 0 Å². The second-order valence-corrected chi connectivity index (χ2v) is 10.6. The molecule has 7 unspecified atom stereocenters. The van der Waals surface area contributed by atoms with Crippen molar-refractivity contribution in [1.82, 2.24) is 0 Å². The van der Waals surface area contributed by atoms with Crippen LogP contribution in [-0.2, 0) is 34.9 Å². The second-order valence-electron chi connectivity index (χ2n) is 10.6. The summed E-state index contributed by atoms with van der Waals surface area (Å²) in [4.78, 5) is 12.3. The van der Waals surface area contributed by atoms with E-state index in [0.717, 1.165) is 11.1 Å². The summed E-state index contributed by atoms with van der Waals surface area (Å²) >= 11 is 0. The molecule has 0 radical (unpaired) electrons. The normalized spacial score (nSPS) is 29.9. The number of rotatable bonds is 6. The van der Waals surface area contributed by atoms with Crippen molar-refractivity contribution in [3.8, 4) is 41.1 Å². The lowest BCUT2D eigenvalue weighted by Crippen LogP contribution is -2.55. The SMILES string of the molecule is C#CCOc1c(OC)cccc1OC.O=C1OCC2C1Cc1cc3c(cc1C2OC1CC(O)C2OCOCC2O1)OCO3. The predicted molar refractivity (Wildman–Crippen MR) is 147 cm³/mol. The maximum atomic E-state index is 12.3. The van der Waals surface area contributed by atoms with Gasteiger partial charge in [0.05, 0.1) is 45.6 Å². The summed E-state index contributed by atoms with van der Waals surface area (Å²) in [6.07, 6.45) is 3.39. The lowest BCUT2D eigenvalue weighted by atomic mass is 9.75. The second kappa shape index (κ2) is 12.9. The van der Waals surface area contributed by atoms with Crippen molar-refractivity contribution in [3.63, 3.8) is 0 Å². The van der Waals surface area contributed by atoms with Crippen LogP contribution in [0.3, 0.4) is 0 Å². The standard InChI is InChI=1S/C20H22O9.C11H12O3/c21-13-4-17(28-16-6-23-7-27-19(13)16)29-18-10-3-15-14(25-8-26-15)2-9(10)1-11-12(18)5-24-20(11)22;1-4-8-14-11-9(12-2)6-5-7-10(11)13-3/h2-3,11-13,16-19,21H,1,4-8H2;1,5-7H,8H2,2-3H3. The number of fused-ring (bicyclic) bond motifs is 4. The Bertz CT molecular complexity index is 1330. The van der Waals surface area contributed by atoms with Crippen LogP contribution in [0, 0.1) is 24.2 Å². The molecule has 12 nitrogen and oxygen atoms in total. The molecule has 3 fully saturated rings. The fraction of sp³-hybridized carbons (Fsp3) is 0.516. The molecular weight excluding hydrogens is 564 g/mol. The first-order valence-electron chi connectivity index (χ1n) is 14.0. The molecule has 1 N–H and O–H groups in total. The van der Waals surface area contributed by atoms with Gasteiger partial charge in [0.25, 0.3) is 0 Å². The molecule has 0 aromatic heterocycles. The molecule has 0 amide bonds. The van der Waals surface area contributed by atoms with Crippen molar-refractivity contribution >= 4 is 5.97 Å². The van der Waals surface area contributed by atoms with Crippen LogP contribution in [0.15, 0.2) is 30.3 Å². The number of methoxy groups -OCH3 is 2. The Balaban J connectivity index is 0.000000200. The van der Waals surface area contributed by atoms with E-state index < -0.39 is 30.7 Å². The van der Waals surface area contributed by atoms with Gasteiger partial charge in [-0.25, -0.2) is 0 Å². The zero-order chi connectivity index (χ0) is 29.9. The molecule has 2 aromatic rings. The van der Waals surface area contributed by atoms with Gasteiger partial charge in [-0.2, -0.15) is 0 Å². The molecule has 3 saturated heterocycles. The Morgan fingerprint density at radius 2 is 1.81 bits per heavy atom. The smallest absolute Gasteiger partial charge is 0.309 e. The van der Waals surface area contributed by atoms with Gasteiger partial charge in [-0.1, -0.05) is 12.0 Å². The molecule has 2 aromatic carbocycles. The molecule has 0 spiro atoms. The highest BCUT2D eigenvalue weighted by Gasteiger charge is 2.50. The summed E-state index contributed by atoms with van der Waals surface area (Å²) in [5, 5.41) is 10.5. The zero-order valence-electron chi connectivity index (χ0n) is 23.9. The predicted octanol–water partition coefficient (Wildman–Crippen LogP) is 2.38. The van der Waals surface area contributed by atoms with Gasteiger partial charge in [0.1, 0.15) is 25.6 Å². The van der Waals surface area contributed by atoms with Gasteiger partial charge in [0, 0.05) is 12.3 Å². The van der Waals surface area contributed by atoms with Crippen LogP contribution in [0.25, 0.3) is 0 Å². The van der Waals surface area contributed by atoms with Crippen molar-refractivity contribution < 1.29 is 57.3 Å². The number of ether oxygens (including phenoxy) is 10. The number of terminal acetylenes is 1. The number of hydrogen-bond acceptors (Lipinski definition) is 12. The summed E-state index contributed by atoms with van der Waals surface area (Å²) in [5.74, 6) is 4.90. The van der Waals surface area contributed by atoms with E-state index in [-0.39, 0.29) is 44.4 Å². The van der Waals surface area contributed by atoms with Crippen LogP contribution in [-0.4, -0.2) is 83.3 Å². The first-order valence-corrected chi connectivity index (χ1v) is 14.0. The number of carbonyl (C=O) groups is 1. The molecule has 0 saturated carbocycles. The lowest BCUT2D eigenvalue weighted by molar-refractivity contribution is -0.319. The van der Waals surface area contributed by atoms with Crippen molar-refractivity contribution in [2.45, 2.75) is 43.5 Å². The third-order valence-corrected chi connectivity index (χ3v) is 8.12. The van der Waals surface area contributed by atoms with Crippen LogP contribution < -0.4 is 23.7 Å². The third kappa shape index (κ3) is 5.91. The quantitative estimate of drug-likeness (QED) is 0.387. The molecule has 1 aliphatic carbocycles. The van der Waals surface area contributed by atoms with Crippen molar-refractivity contribution in [2.24, 2.45) is 11.8 Å². The summed E-state index contributed by atoms with van der Waals surface area (Å²) in [5.41, 5.74) is 1.93. The van der Waals surface area contributed by atoms with E-state index >= 15 is 0 Å². The molecular formula is C31H34O12. The number of benzene rings is 2. The van der Waals surface area contributed by atoms with Gasteiger partial charge in [-0.15, -0.1) is 6.42 Å². The van der Waals surface area contributed by atoms with Crippen LogP contribution >= 0.6 is 0 Å². The minimum absolute atomic E-state index is 0.118. The van der Waals surface area contributed by atoms with E-state index in [1.54, 1.807) is 26.4 Å². The average Bonchev–Trinajstić information content (AvgIpc) is 3.65. The Hall–Kier alpha value is -3.73. The van der Waals surface area contributed by atoms with E-state index in [0.29, 0.717) is 48.4 Å². The molecule has 7 atom stereocenters. The fourth-order valence-corrected chi connectivity index (χ4v) is 6.07. The number of aliphatic hydroxyl groups excluding tert-OH is 1. The molecule has 4 aliphatic heterocycles. The number of esters is 1. The van der Waals surface area contributed by atoms with Crippen LogP contribution in [0.1, 0.15) is 23.7 Å². The monoisotopic (exact) mass is 598 g/mol. The number of aliphatic hydroxyl groups is 1. The molecule has 4 heterocycles. The first kappa shape index (κ1) is 29.3. The number of para-hydroxylation sites is 1. The zero-order valence-corrected chi connectivity index (χ0v) is 23.9. The molecule has 12 heteroatoms. The maximum absolute atomic E-state index is 12.3. The number of carbonyl (C=O) groups excluding carboxylic acids is 1. The number of cyclic esters (lactones) is 1. The fourth-order valence-electron chi connectivity index (χ4n) is 6.07. The molecule has 7 rings (SSSR count). The van der Waals surface area contributed by atoms with E-state index in [2.05, 4.69) is 5.92 Å². The van der Waals surface area contributed by atoms with Crippen molar-refractivity contribution in [2.75, 3.05) is 47.6 Å². The van der Waals surface area contributed by atoms with E-state index in [9.17, 15) is 9.90 Å². The highest BCUT2D eigenvalue weighted by atomic mass is 16.7. The summed E-state index contributed by atoms with van der Waals surface area (Å²) in [6.45, 7) is 1.17. The molecule has 5 aliphatic rings. The topological polar surface area (TPSA) is 130 Å². The van der Waals surface area contributed by atoms with Gasteiger partial charge in [0.15, 0.2) is 29.3 Å². The average molecular weight is 599 g/mol. The molecule has 230 valence electrons. The van der Waals surface area contributed by atoms with Crippen molar-refractivity contribution in [3.05, 3.63) is 41.5 Å². The number of hydrogen-bond donors (Lipinski definition) is 1. The molecule has 43 heavy (non-hydrogen) atoms. The minimum Gasteiger partial charge on any atom is -0.493 e. The van der Waals surface area contributed by atoms with Gasteiger partial charge in [0.2, 0.25) is 12.5 Å². The Labute approximate surface area is 248 Å². The third-order valence-electron chi connectivity index (χ3n) is 8.12. The lowest BCUT2D eigenvalue weighted by Gasteiger charge is -2.43. The Morgan fingerprint density at radius 1 is 1.05 bits per heavy atom. The van der Waals surface area contributed by atoms with Crippen LogP contribution in [0.5, 0.6) is 28.7 Å². The Morgan fingerprint density at radius 3 is 2.56 bits per heavy atom. The highest BCUT2D eigenvalue weighted by Crippen LogP contribution is 2.49. The summed E-state index contributed by atoms with van der Waals surface area (Å²) in [7, 11) is 3.13. The van der Waals surface area contributed by atoms with E-state index in [4.69, 9.17) is 53.8 Å². The summed E-state index contributed by atoms with van der Waals surface area (Å²) < 4.78 is 55.1. The van der Waals surface area contributed by atoms with E-state index in [1.807, 2.05) is 18.2 Å². The van der Waals surface area contributed by atoms with Gasteiger partial charge in [-0.05, 0) is 41.8 Å². The van der Waals surface area contributed by atoms with Gasteiger partial charge < -0.3 is 52.5 Å². The largest absolute Gasteiger partial charge is 0.493 e. The first-order chi connectivity index (χ1) is 21.0. The van der Waals surface area contributed by atoms with Crippen LogP contribution in [0.4, 0.5) is 0 Å². The molecule has 0 bridgehead atoms. The van der Waals surface area contributed by atoms with Gasteiger partial charge in [-0.3, -0.25) is 4.79 Å². The maximum Gasteiger partial charge on any atom is 0.309 e. The van der Waals surface area contributed by atoms with Crippen LogP contribution in [0.2, 0.25) is 0 Å². The highest BCUT2D eigenvalue weighted by molar-refractivity contribution is 5.76. The minimum atomic E-state index is -0.709. The summed E-state index contributed by atoms with van der Waals surface area (Å²) in [6, 6.07) is 9.24. The van der Waals surface area contributed by atoms with Crippen molar-refractivity contribution in [1.29, 1.82) is 0 Å². The Kier molecular flexibility index (Phi) is 8.78. The van der Waals surface area contributed by atoms with Gasteiger partial charge >= 0.3 is 5.97 Å².